The van der Waals surface area contributed by atoms with Crippen molar-refractivity contribution >= 4 is 46.1 Å². The van der Waals surface area contributed by atoms with Gasteiger partial charge in [0.05, 0.1) is 10.6 Å². The highest BCUT2D eigenvalue weighted by molar-refractivity contribution is 8.00. The van der Waals surface area contributed by atoms with Crippen LogP contribution in [-0.2, 0) is 0 Å². The highest BCUT2D eigenvalue weighted by atomic mass is 32.2. The number of benzene rings is 1. The first-order valence-corrected chi connectivity index (χ1v) is 7.83. The third kappa shape index (κ3) is 2.19. The fourth-order valence-corrected chi connectivity index (χ4v) is 3.45. The second-order valence-electron chi connectivity index (χ2n) is 4.14. The number of hydrogen-bond acceptors (Lipinski definition) is 5. The largest absolute Gasteiger partial charge is 0.492 e. The maximum absolute atomic E-state index is 9.86. The van der Waals surface area contributed by atoms with Crippen LogP contribution in [0.25, 0.3) is 11.6 Å². The molecule has 1 N–H and O–H groups in total. The van der Waals surface area contributed by atoms with Crippen molar-refractivity contribution in [3.05, 3.63) is 34.7 Å². The van der Waals surface area contributed by atoms with Crippen LogP contribution in [0, 0.1) is 0 Å². The zero-order valence-corrected chi connectivity index (χ0v) is 12.2. The van der Waals surface area contributed by atoms with Crippen molar-refractivity contribution in [1.82, 2.24) is 4.98 Å². The van der Waals surface area contributed by atoms with Gasteiger partial charge in [-0.3, -0.25) is 4.99 Å². The molecule has 96 valence electrons. The van der Waals surface area contributed by atoms with Gasteiger partial charge in [0.25, 0.3) is 0 Å². The quantitative estimate of drug-likeness (QED) is 0.842. The van der Waals surface area contributed by atoms with Crippen molar-refractivity contribution in [2.45, 2.75) is 11.3 Å². The summed E-state index contributed by atoms with van der Waals surface area (Å²) in [4.78, 5) is 9.42. The van der Waals surface area contributed by atoms with E-state index in [1.807, 2.05) is 37.5 Å². The predicted molar refractivity (Wildman–Crippen MR) is 82.6 cm³/mol. The number of rotatable bonds is 2. The first-order chi connectivity index (χ1) is 9.19. The Morgan fingerprint density at radius 2 is 2.11 bits per heavy atom. The van der Waals surface area contributed by atoms with E-state index in [1.54, 1.807) is 0 Å². The molecule has 0 fully saturated rings. The highest BCUT2D eigenvalue weighted by Gasteiger charge is 2.18. The molecule has 1 aliphatic heterocycles. The van der Waals surface area contributed by atoms with Crippen LogP contribution < -0.4 is 0 Å². The Hall–Kier alpha value is -1.59. The third-order valence-electron chi connectivity index (χ3n) is 2.94. The maximum Gasteiger partial charge on any atom is 0.230 e. The maximum atomic E-state index is 9.86. The van der Waals surface area contributed by atoms with Crippen LogP contribution in [0.5, 0.6) is 5.88 Å². The van der Waals surface area contributed by atoms with Gasteiger partial charge < -0.3 is 5.11 Å². The van der Waals surface area contributed by atoms with Crippen LogP contribution in [0.3, 0.4) is 0 Å². The van der Waals surface area contributed by atoms with Crippen molar-refractivity contribution in [3.8, 4) is 5.88 Å². The first-order valence-electron chi connectivity index (χ1n) is 5.79. The van der Waals surface area contributed by atoms with E-state index in [0.29, 0.717) is 0 Å². The van der Waals surface area contributed by atoms with Crippen molar-refractivity contribution in [2.24, 2.45) is 4.99 Å². The molecule has 0 unspecified atom stereocenters. The summed E-state index contributed by atoms with van der Waals surface area (Å²) in [6, 6.07) is 8.03. The van der Waals surface area contributed by atoms with Gasteiger partial charge in [-0.15, -0.1) is 11.3 Å². The van der Waals surface area contributed by atoms with E-state index in [9.17, 15) is 5.11 Å². The molecule has 0 atom stereocenters. The molecule has 0 radical (unpaired) electrons. The Kier molecular flexibility index (Phi) is 3.16. The SMILES string of the molecule is CSc1nc(O)c(C=C2C(C)=Nc3ccccc32)s1. The summed E-state index contributed by atoms with van der Waals surface area (Å²) in [5, 5.41) is 9.86. The Labute approximate surface area is 119 Å². The molecule has 0 aliphatic carbocycles. The molecule has 2 heterocycles. The smallest absolute Gasteiger partial charge is 0.230 e. The zero-order valence-electron chi connectivity index (χ0n) is 10.5. The molecule has 2 aromatic rings. The summed E-state index contributed by atoms with van der Waals surface area (Å²) in [6.07, 6.45) is 3.92. The Morgan fingerprint density at radius 3 is 2.84 bits per heavy atom. The van der Waals surface area contributed by atoms with Crippen LogP contribution >= 0.6 is 23.1 Å². The standard InChI is InChI=1S/C14H12N2OS2/c1-8-10(9-5-3-4-6-11(9)15-8)7-12-13(17)16-14(18-2)19-12/h3-7,17H,1-2H3. The summed E-state index contributed by atoms with van der Waals surface area (Å²) in [5.74, 6) is 0.0963. The fourth-order valence-electron chi connectivity index (χ4n) is 2.03. The minimum atomic E-state index is 0.0963. The van der Waals surface area contributed by atoms with Crippen LogP contribution in [0.2, 0.25) is 0 Å². The number of aromatic nitrogens is 1. The lowest BCUT2D eigenvalue weighted by Gasteiger charge is -2.00. The van der Waals surface area contributed by atoms with Gasteiger partial charge in [-0.25, -0.2) is 0 Å². The normalized spacial score (nSPS) is 15.7. The van der Waals surface area contributed by atoms with Gasteiger partial charge in [0, 0.05) is 16.8 Å². The van der Waals surface area contributed by atoms with Crippen LogP contribution in [-0.4, -0.2) is 22.1 Å². The summed E-state index contributed by atoms with van der Waals surface area (Å²) in [6.45, 7) is 1.99. The number of para-hydroxylation sites is 1. The van der Waals surface area contributed by atoms with Crippen LogP contribution in [0.1, 0.15) is 17.4 Å². The van der Waals surface area contributed by atoms with Crippen molar-refractivity contribution in [1.29, 1.82) is 0 Å². The molecule has 0 bridgehead atoms. The Balaban J connectivity index is 2.09. The molecule has 0 amide bonds. The van der Waals surface area contributed by atoms with Gasteiger partial charge >= 0.3 is 0 Å². The Bertz CT molecular complexity index is 701. The van der Waals surface area contributed by atoms with Gasteiger partial charge in [0.1, 0.15) is 0 Å². The number of aliphatic imine (C=N–C) groups is 1. The number of allylic oxidation sites excluding steroid dienone is 1. The van der Waals surface area contributed by atoms with Gasteiger partial charge in [-0.2, -0.15) is 4.98 Å². The molecular formula is C14H12N2OS2. The molecular weight excluding hydrogens is 276 g/mol. The van der Waals surface area contributed by atoms with E-state index in [1.165, 1.54) is 23.1 Å². The van der Waals surface area contributed by atoms with Gasteiger partial charge in [-0.05, 0) is 25.3 Å². The lowest BCUT2D eigenvalue weighted by atomic mass is 10.0. The molecule has 3 rings (SSSR count). The monoisotopic (exact) mass is 288 g/mol. The topological polar surface area (TPSA) is 45.5 Å². The van der Waals surface area contributed by atoms with Crippen molar-refractivity contribution < 1.29 is 5.11 Å². The number of thiazole rings is 1. The Morgan fingerprint density at radius 1 is 1.32 bits per heavy atom. The summed E-state index contributed by atoms with van der Waals surface area (Å²) >= 11 is 3.03. The van der Waals surface area contributed by atoms with E-state index in [-0.39, 0.29) is 5.88 Å². The molecule has 5 heteroatoms. The predicted octanol–water partition coefficient (Wildman–Crippen LogP) is 4.22. The van der Waals surface area contributed by atoms with E-state index in [0.717, 1.165) is 31.8 Å². The average Bonchev–Trinajstić information content (AvgIpc) is 2.92. The van der Waals surface area contributed by atoms with E-state index in [2.05, 4.69) is 16.0 Å². The molecule has 19 heavy (non-hydrogen) atoms. The third-order valence-corrected chi connectivity index (χ3v) is 4.91. The average molecular weight is 288 g/mol. The molecule has 1 aliphatic rings. The number of aromatic hydroxyl groups is 1. The van der Waals surface area contributed by atoms with E-state index < -0.39 is 0 Å². The molecule has 1 aromatic carbocycles. The van der Waals surface area contributed by atoms with Gasteiger partial charge in [0.15, 0.2) is 4.34 Å². The molecule has 0 saturated carbocycles. The second kappa shape index (κ2) is 4.83. The van der Waals surface area contributed by atoms with Crippen molar-refractivity contribution in [2.75, 3.05) is 6.26 Å². The molecule has 3 nitrogen and oxygen atoms in total. The summed E-state index contributed by atoms with van der Waals surface area (Å²) in [5.41, 5.74) is 4.13. The lowest BCUT2D eigenvalue weighted by molar-refractivity contribution is 0.453. The number of thioether (sulfide) groups is 1. The van der Waals surface area contributed by atoms with E-state index >= 15 is 0 Å². The first kappa shape index (κ1) is 12.4. The van der Waals surface area contributed by atoms with Gasteiger partial charge in [-0.1, -0.05) is 30.0 Å². The van der Waals surface area contributed by atoms with Crippen LogP contribution in [0.4, 0.5) is 5.69 Å². The lowest BCUT2D eigenvalue weighted by Crippen LogP contribution is -1.89. The molecule has 1 aromatic heterocycles. The second-order valence-corrected chi connectivity index (χ2v) is 6.23. The minimum absolute atomic E-state index is 0.0963. The van der Waals surface area contributed by atoms with Crippen LogP contribution in [0.15, 0.2) is 33.6 Å². The molecule has 0 saturated heterocycles. The minimum Gasteiger partial charge on any atom is -0.492 e. The van der Waals surface area contributed by atoms with Gasteiger partial charge in [0.2, 0.25) is 5.88 Å². The number of fused-ring (bicyclic) bond motifs is 1. The number of hydrogen-bond donors (Lipinski definition) is 1. The van der Waals surface area contributed by atoms with E-state index in [4.69, 9.17) is 0 Å². The summed E-state index contributed by atoms with van der Waals surface area (Å²) < 4.78 is 0.866. The van der Waals surface area contributed by atoms with Crippen molar-refractivity contribution in [3.63, 3.8) is 0 Å². The summed E-state index contributed by atoms with van der Waals surface area (Å²) in [7, 11) is 0. The highest BCUT2D eigenvalue weighted by Crippen LogP contribution is 2.38. The molecule has 0 spiro atoms. The fraction of sp³-hybridized carbons (Fsp3) is 0.143. The zero-order chi connectivity index (χ0) is 13.4. The number of nitrogens with zero attached hydrogens (tertiary/aromatic N) is 2.